The van der Waals surface area contributed by atoms with Gasteiger partial charge in [0.05, 0.1) is 11.4 Å². The van der Waals surface area contributed by atoms with Gasteiger partial charge < -0.3 is 0 Å². The van der Waals surface area contributed by atoms with Gasteiger partial charge in [0, 0.05) is 6.54 Å². The Balaban J connectivity index is 2.38. The van der Waals surface area contributed by atoms with E-state index in [2.05, 4.69) is 17.5 Å². The van der Waals surface area contributed by atoms with Gasteiger partial charge in [-0.15, -0.1) is 11.6 Å². The lowest BCUT2D eigenvalue weighted by atomic mass is 9.78. The molecule has 2 aliphatic heterocycles. The zero-order valence-corrected chi connectivity index (χ0v) is 6.80. The molecule has 1 N–H and O–H groups in total. The molecule has 0 aromatic heterocycles. The molecule has 1 fully saturated rings. The number of hydrogen-bond acceptors (Lipinski definition) is 2. The van der Waals surface area contributed by atoms with Crippen molar-refractivity contribution in [2.75, 3.05) is 6.54 Å². The largest absolute Gasteiger partial charge is 0.294 e. The van der Waals surface area contributed by atoms with Crippen molar-refractivity contribution in [1.82, 2.24) is 5.32 Å². The van der Waals surface area contributed by atoms with Crippen LogP contribution in [0.25, 0.3) is 0 Å². The molecule has 0 spiro atoms. The zero-order valence-electron chi connectivity index (χ0n) is 6.05. The standard InChI is InChI=1S/C8H9ClN2/c9-7-3-6-1-2-8(7,5-10)11-4-6/h1-2,6-7,11H,3-4H2. The van der Waals surface area contributed by atoms with Crippen molar-refractivity contribution < 1.29 is 0 Å². The lowest BCUT2D eigenvalue weighted by Gasteiger charge is -2.41. The molecular formula is C8H9ClN2. The Morgan fingerprint density at radius 1 is 1.73 bits per heavy atom. The molecule has 1 aliphatic carbocycles. The summed E-state index contributed by atoms with van der Waals surface area (Å²) in [6.07, 6.45) is 4.93. The van der Waals surface area contributed by atoms with Gasteiger partial charge in [0.1, 0.15) is 5.54 Å². The SMILES string of the molecule is N#CC12C=CC(CN1)CC2Cl. The number of piperidine rings is 1. The van der Waals surface area contributed by atoms with Crippen LogP contribution in [0.1, 0.15) is 6.42 Å². The fourth-order valence-corrected chi connectivity index (χ4v) is 2.12. The molecule has 3 aliphatic rings. The number of fused-ring (bicyclic) bond motifs is 2. The summed E-state index contributed by atoms with van der Waals surface area (Å²) in [6.45, 7) is 0.896. The van der Waals surface area contributed by atoms with Crippen LogP contribution in [0.4, 0.5) is 0 Å². The summed E-state index contributed by atoms with van der Waals surface area (Å²) in [4.78, 5) is 0. The van der Waals surface area contributed by atoms with Crippen LogP contribution in [0.5, 0.6) is 0 Å². The van der Waals surface area contributed by atoms with Crippen molar-refractivity contribution in [2.45, 2.75) is 17.3 Å². The molecule has 2 bridgehead atoms. The predicted octanol–water partition coefficient (Wildman–Crippen LogP) is 1.04. The smallest absolute Gasteiger partial charge is 0.141 e. The van der Waals surface area contributed by atoms with Crippen molar-refractivity contribution in [1.29, 1.82) is 5.26 Å². The average Bonchev–Trinajstić information content (AvgIpc) is 2.07. The minimum absolute atomic E-state index is 0.0590. The van der Waals surface area contributed by atoms with E-state index in [9.17, 15) is 0 Å². The Labute approximate surface area is 70.8 Å². The topological polar surface area (TPSA) is 35.8 Å². The maximum atomic E-state index is 8.89. The quantitative estimate of drug-likeness (QED) is 0.433. The second kappa shape index (κ2) is 2.23. The van der Waals surface area contributed by atoms with E-state index in [1.165, 1.54) is 0 Å². The minimum atomic E-state index is -0.573. The average molecular weight is 169 g/mol. The number of halogens is 1. The van der Waals surface area contributed by atoms with Gasteiger partial charge in [-0.25, -0.2) is 0 Å². The van der Waals surface area contributed by atoms with E-state index in [1.807, 2.05) is 6.08 Å². The minimum Gasteiger partial charge on any atom is -0.294 e. The lowest BCUT2D eigenvalue weighted by Crippen LogP contribution is -2.58. The Bertz CT molecular complexity index is 243. The van der Waals surface area contributed by atoms with Gasteiger partial charge in [0.15, 0.2) is 0 Å². The predicted molar refractivity (Wildman–Crippen MR) is 43.2 cm³/mol. The molecule has 0 aromatic carbocycles. The van der Waals surface area contributed by atoms with Crippen LogP contribution in [0.3, 0.4) is 0 Å². The van der Waals surface area contributed by atoms with Crippen LogP contribution in [0, 0.1) is 17.2 Å². The normalized spacial score (nSPS) is 47.3. The number of rotatable bonds is 0. The zero-order chi connectivity index (χ0) is 7.90. The van der Waals surface area contributed by atoms with Gasteiger partial charge in [-0.1, -0.05) is 12.2 Å². The van der Waals surface area contributed by atoms with E-state index in [-0.39, 0.29) is 5.38 Å². The molecule has 3 atom stereocenters. The monoisotopic (exact) mass is 168 g/mol. The highest BCUT2D eigenvalue weighted by Crippen LogP contribution is 2.34. The number of alkyl halides is 1. The lowest BCUT2D eigenvalue weighted by molar-refractivity contribution is 0.314. The Morgan fingerprint density at radius 2 is 2.55 bits per heavy atom. The summed E-state index contributed by atoms with van der Waals surface area (Å²) in [5.74, 6) is 0.535. The maximum absolute atomic E-state index is 8.89. The van der Waals surface area contributed by atoms with Gasteiger partial charge in [0.25, 0.3) is 0 Å². The molecule has 0 saturated carbocycles. The van der Waals surface area contributed by atoms with E-state index in [4.69, 9.17) is 16.9 Å². The van der Waals surface area contributed by atoms with Gasteiger partial charge in [-0.2, -0.15) is 5.26 Å². The fourth-order valence-electron chi connectivity index (χ4n) is 1.69. The first-order valence-electron chi connectivity index (χ1n) is 3.76. The van der Waals surface area contributed by atoms with Gasteiger partial charge in [0.2, 0.25) is 0 Å². The summed E-state index contributed by atoms with van der Waals surface area (Å²) in [5.41, 5.74) is -0.573. The number of nitrogens with one attached hydrogen (secondary N) is 1. The van der Waals surface area contributed by atoms with E-state index in [0.717, 1.165) is 13.0 Å². The molecule has 2 nitrogen and oxygen atoms in total. The van der Waals surface area contributed by atoms with Crippen molar-refractivity contribution in [2.24, 2.45) is 5.92 Å². The molecule has 2 heterocycles. The van der Waals surface area contributed by atoms with Crippen molar-refractivity contribution in [3.05, 3.63) is 12.2 Å². The number of hydrogen-bond donors (Lipinski definition) is 1. The highest BCUT2D eigenvalue weighted by Gasteiger charge is 2.43. The van der Waals surface area contributed by atoms with E-state index in [0.29, 0.717) is 5.92 Å². The number of nitriles is 1. The summed E-state index contributed by atoms with van der Waals surface area (Å²) >= 11 is 6.03. The second-order valence-corrected chi connectivity index (χ2v) is 3.71. The summed E-state index contributed by atoms with van der Waals surface area (Å²) in [5, 5.41) is 12.0. The van der Waals surface area contributed by atoms with Crippen LogP contribution in [-0.4, -0.2) is 17.5 Å². The molecule has 1 saturated heterocycles. The van der Waals surface area contributed by atoms with Gasteiger partial charge in [-0.05, 0) is 12.3 Å². The first-order valence-corrected chi connectivity index (χ1v) is 4.20. The summed E-state index contributed by atoms with van der Waals surface area (Å²) in [7, 11) is 0. The molecule has 3 rings (SSSR count). The van der Waals surface area contributed by atoms with E-state index in [1.54, 1.807) is 0 Å². The van der Waals surface area contributed by atoms with Crippen LogP contribution < -0.4 is 5.32 Å². The van der Waals surface area contributed by atoms with Crippen LogP contribution in [-0.2, 0) is 0 Å². The third kappa shape index (κ3) is 0.885. The Morgan fingerprint density at radius 3 is 2.91 bits per heavy atom. The fraction of sp³-hybridized carbons (Fsp3) is 0.625. The van der Waals surface area contributed by atoms with E-state index < -0.39 is 5.54 Å². The summed E-state index contributed by atoms with van der Waals surface area (Å²) in [6, 6.07) is 2.22. The summed E-state index contributed by atoms with van der Waals surface area (Å²) < 4.78 is 0. The highest BCUT2D eigenvalue weighted by atomic mass is 35.5. The second-order valence-electron chi connectivity index (χ2n) is 3.18. The molecule has 11 heavy (non-hydrogen) atoms. The van der Waals surface area contributed by atoms with Gasteiger partial charge >= 0.3 is 0 Å². The van der Waals surface area contributed by atoms with Crippen LogP contribution in [0.2, 0.25) is 0 Å². The Hall–Kier alpha value is -0.520. The third-order valence-corrected chi connectivity index (χ3v) is 3.00. The molecule has 0 aromatic rings. The molecule has 3 heteroatoms. The number of nitrogens with zero attached hydrogens (tertiary/aromatic N) is 1. The Kier molecular flexibility index (Phi) is 1.45. The maximum Gasteiger partial charge on any atom is 0.141 e. The van der Waals surface area contributed by atoms with Crippen molar-refractivity contribution >= 4 is 11.6 Å². The third-order valence-electron chi connectivity index (χ3n) is 2.48. The molecule has 3 unspecified atom stereocenters. The first kappa shape index (κ1) is 7.15. The highest BCUT2D eigenvalue weighted by molar-refractivity contribution is 6.22. The van der Waals surface area contributed by atoms with Crippen LogP contribution in [0.15, 0.2) is 12.2 Å². The molecule has 58 valence electrons. The molecular weight excluding hydrogens is 160 g/mol. The van der Waals surface area contributed by atoms with Crippen molar-refractivity contribution in [3.63, 3.8) is 0 Å². The van der Waals surface area contributed by atoms with E-state index >= 15 is 0 Å². The molecule has 0 radical (unpaired) electrons. The first-order chi connectivity index (χ1) is 5.27. The van der Waals surface area contributed by atoms with Gasteiger partial charge in [-0.3, -0.25) is 5.32 Å². The van der Waals surface area contributed by atoms with Crippen molar-refractivity contribution in [3.8, 4) is 6.07 Å². The van der Waals surface area contributed by atoms with Crippen LogP contribution >= 0.6 is 11.6 Å². The molecule has 0 amide bonds.